The van der Waals surface area contributed by atoms with E-state index in [4.69, 9.17) is 5.11 Å². The Morgan fingerprint density at radius 1 is 1.47 bits per heavy atom. The summed E-state index contributed by atoms with van der Waals surface area (Å²) in [5, 5.41) is 15.1. The van der Waals surface area contributed by atoms with Crippen LogP contribution in [0.2, 0.25) is 0 Å². The average Bonchev–Trinajstić information content (AvgIpc) is 2.93. The first-order chi connectivity index (χ1) is 7.08. The number of carbonyl (C=O) groups excluding carboxylic acids is 1. The van der Waals surface area contributed by atoms with E-state index in [0.29, 0.717) is 13.0 Å². The van der Waals surface area contributed by atoms with Crippen LogP contribution in [-0.4, -0.2) is 36.2 Å². The normalized spacial score (nSPS) is 19.7. The third kappa shape index (κ3) is 6.47. The molecule has 0 bridgehead atoms. The lowest BCUT2D eigenvalue weighted by Gasteiger charge is -2.15. The molecule has 15 heavy (non-hydrogen) atoms. The second-order valence-electron chi connectivity index (χ2n) is 4.61. The van der Waals surface area contributed by atoms with Gasteiger partial charge in [-0.3, -0.25) is 4.79 Å². The summed E-state index contributed by atoms with van der Waals surface area (Å²) in [6, 6.07) is 0.177. The van der Waals surface area contributed by atoms with Gasteiger partial charge in [0.2, 0.25) is 5.91 Å². The quantitative estimate of drug-likeness (QED) is 0.570. The van der Waals surface area contributed by atoms with Gasteiger partial charge in [0.25, 0.3) is 0 Å². The molecule has 4 heteroatoms. The fourth-order valence-electron chi connectivity index (χ4n) is 1.50. The highest BCUT2D eigenvalue weighted by Gasteiger charge is 2.21. The second kappa shape index (κ2) is 6.08. The van der Waals surface area contributed by atoms with Gasteiger partial charge in [0.05, 0.1) is 12.6 Å². The lowest BCUT2D eigenvalue weighted by atomic mass is 10.1. The topological polar surface area (TPSA) is 61.4 Å². The van der Waals surface area contributed by atoms with Crippen molar-refractivity contribution in [1.82, 2.24) is 10.6 Å². The van der Waals surface area contributed by atoms with Gasteiger partial charge in [0.1, 0.15) is 0 Å². The molecule has 1 aliphatic carbocycles. The first-order valence-electron chi connectivity index (χ1n) is 5.76. The minimum absolute atomic E-state index is 0.0549. The molecule has 1 fully saturated rings. The number of aliphatic hydroxyl groups excluding tert-OH is 1. The largest absolute Gasteiger partial charge is 0.393 e. The first-order valence-corrected chi connectivity index (χ1v) is 5.76. The van der Waals surface area contributed by atoms with E-state index in [0.717, 1.165) is 12.5 Å². The highest BCUT2D eigenvalue weighted by Crippen LogP contribution is 2.27. The van der Waals surface area contributed by atoms with E-state index in [2.05, 4.69) is 10.6 Å². The summed E-state index contributed by atoms with van der Waals surface area (Å²) >= 11 is 0. The number of hydrogen-bond acceptors (Lipinski definition) is 3. The van der Waals surface area contributed by atoms with E-state index >= 15 is 0 Å². The zero-order valence-electron chi connectivity index (χ0n) is 9.62. The molecule has 0 spiro atoms. The van der Waals surface area contributed by atoms with Crippen molar-refractivity contribution in [1.29, 1.82) is 0 Å². The molecule has 1 aliphatic rings. The Labute approximate surface area is 91.4 Å². The van der Waals surface area contributed by atoms with Crippen molar-refractivity contribution in [2.75, 3.05) is 13.1 Å². The van der Waals surface area contributed by atoms with Crippen molar-refractivity contribution in [2.24, 2.45) is 5.92 Å². The van der Waals surface area contributed by atoms with Crippen LogP contribution in [0, 0.1) is 5.92 Å². The van der Waals surface area contributed by atoms with Gasteiger partial charge in [-0.05, 0) is 39.0 Å². The van der Waals surface area contributed by atoms with Crippen molar-refractivity contribution in [3.05, 3.63) is 0 Å². The Kier molecular flexibility index (Phi) is 5.05. The van der Waals surface area contributed by atoms with Crippen LogP contribution in [0.15, 0.2) is 0 Å². The van der Waals surface area contributed by atoms with Gasteiger partial charge in [-0.25, -0.2) is 0 Å². The van der Waals surface area contributed by atoms with Gasteiger partial charge in [0, 0.05) is 12.6 Å². The van der Waals surface area contributed by atoms with Crippen LogP contribution in [-0.2, 0) is 4.79 Å². The van der Waals surface area contributed by atoms with Crippen molar-refractivity contribution in [3.8, 4) is 0 Å². The maximum atomic E-state index is 11.3. The zero-order valence-corrected chi connectivity index (χ0v) is 9.62. The van der Waals surface area contributed by atoms with Crippen LogP contribution in [0.1, 0.15) is 33.1 Å². The molecule has 88 valence electrons. The number of nitrogens with one attached hydrogen (secondary N) is 2. The summed E-state index contributed by atoms with van der Waals surface area (Å²) in [5.41, 5.74) is 0. The molecule has 0 aromatic rings. The first kappa shape index (κ1) is 12.5. The number of amides is 1. The Morgan fingerprint density at radius 2 is 2.13 bits per heavy atom. The van der Waals surface area contributed by atoms with E-state index in [1.807, 2.05) is 6.92 Å². The van der Waals surface area contributed by atoms with Crippen molar-refractivity contribution in [3.63, 3.8) is 0 Å². The molecular weight excluding hydrogens is 192 g/mol. The Hall–Kier alpha value is -0.610. The molecule has 1 rings (SSSR count). The second-order valence-corrected chi connectivity index (χ2v) is 4.61. The molecule has 3 N–H and O–H groups in total. The van der Waals surface area contributed by atoms with E-state index in [-0.39, 0.29) is 18.1 Å². The van der Waals surface area contributed by atoms with E-state index < -0.39 is 0 Å². The number of hydrogen-bond donors (Lipinski definition) is 3. The summed E-state index contributed by atoms with van der Waals surface area (Å²) in [6.45, 7) is 4.90. The van der Waals surface area contributed by atoms with Crippen LogP contribution >= 0.6 is 0 Å². The van der Waals surface area contributed by atoms with Crippen LogP contribution in [0.25, 0.3) is 0 Å². The fraction of sp³-hybridized carbons (Fsp3) is 0.909. The predicted octanol–water partition coefficient (Wildman–Crippen LogP) is 0.262. The Balaban J connectivity index is 1.99. The summed E-state index contributed by atoms with van der Waals surface area (Å²) in [6.07, 6.45) is 2.87. The van der Waals surface area contributed by atoms with Crippen molar-refractivity contribution < 1.29 is 9.90 Å². The molecule has 2 unspecified atom stereocenters. The molecule has 1 saturated carbocycles. The van der Waals surface area contributed by atoms with Crippen molar-refractivity contribution >= 4 is 5.91 Å². The summed E-state index contributed by atoms with van der Waals surface area (Å²) < 4.78 is 0. The van der Waals surface area contributed by atoms with Gasteiger partial charge in [-0.1, -0.05) is 0 Å². The van der Waals surface area contributed by atoms with Gasteiger partial charge in [-0.2, -0.15) is 0 Å². The lowest BCUT2D eigenvalue weighted by Crippen LogP contribution is -2.39. The summed E-state index contributed by atoms with van der Waals surface area (Å²) in [5.74, 6) is 0.781. The highest BCUT2D eigenvalue weighted by molar-refractivity contribution is 5.78. The number of carbonyl (C=O) groups is 1. The maximum Gasteiger partial charge on any atom is 0.233 e. The van der Waals surface area contributed by atoms with E-state index in [9.17, 15) is 4.79 Å². The van der Waals surface area contributed by atoms with Crippen LogP contribution in [0.4, 0.5) is 0 Å². The average molecular weight is 214 g/mol. The number of rotatable bonds is 7. The highest BCUT2D eigenvalue weighted by atomic mass is 16.3. The van der Waals surface area contributed by atoms with Gasteiger partial charge < -0.3 is 15.7 Å². The number of aliphatic hydroxyl groups is 1. The third-order valence-corrected chi connectivity index (χ3v) is 2.59. The molecule has 0 aliphatic heterocycles. The molecule has 0 radical (unpaired) electrons. The SMILES string of the molecule is CC(O)CC(C)NCC(=O)NCC1CC1. The predicted molar refractivity (Wildman–Crippen MR) is 59.5 cm³/mol. The molecule has 0 heterocycles. The standard InChI is InChI=1S/C11H22N2O2/c1-8(5-9(2)14)12-7-11(15)13-6-10-3-4-10/h8-10,12,14H,3-7H2,1-2H3,(H,13,15). The van der Waals surface area contributed by atoms with E-state index in [1.54, 1.807) is 6.92 Å². The molecule has 4 nitrogen and oxygen atoms in total. The summed E-state index contributed by atoms with van der Waals surface area (Å²) in [4.78, 5) is 11.3. The Morgan fingerprint density at radius 3 is 2.67 bits per heavy atom. The molecule has 0 saturated heterocycles. The van der Waals surface area contributed by atoms with Gasteiger partial charge in [0.15, 0.2) is 0 Å². The maximum absolute atomic E-state index is 11.3. The van der Waals surface area contributed by atoms with Crippen molar-refractivity contribution in [2.45, 2.75) is 45.3 Å². The Bertz CT molecular complexity index is 203. The van der Waals surface area contributed by atoms with Crippen LogP contribution in [0.5, 0.6) is 0 Å². The molecule has 2 atom stereocenters. The van der Waals surface area contributed by atoms with Crippen LogP contribution in [0.3, 0.4) is 0 Å². The lowest BCUT2D eigenvalue weighted by molar-refractivity contribution is -0.120. The molecule has 0 aromatic heterocycles. The van der Waals surface area contributed by atoms with Gasteiger partial charge >= 0.3 is 0 Å². The van der Waals surface area contributed by atoms with Gasteiger partial charge in [-0.15, -0.1) is 0 Å². The minimum atomic E-state index is -0.318. The van der Waals surface area contributed by atoms with E-state index in [1.165, 1.54) is 12.8 Å². The summed E-state index contributed by atoms with van der Waals surface area (Å²) in [7, 11) is 0. The fourth-order valence-corrected chi connectivity index (χ4v) is 1.50. The monoisotopic (exact) mass is 214 g/mol. The molecular formula is C11H22N2O2. The molecule has 1 amide bonds. The third-order valence-electron chi connectivity index (χ3n) is 2.59. The van der Waals surface area contributed by atoms with Crippen LogP contribution < -0.4 is 10.6 Å². The minimum Gasteiger partial charge on any atom is -0.393 e. The molecule has 0 aromatic carbocycles. The smallest absolute Gasteiger partial charge is 0.233 e. The zero-order chi connectivity index (χ0) is 11.3.